The molecule has 1 aromatic heterocycles. The first-order chi connectivity index (χ1) is 12.6. The molecule has 3 rings (SSSR count). The third kappa shape index (κ3) is 4.01. The Morgan fingerprint density at radius 1 is 1.38 bits per heavy atom. The molecule has 2 amide bonds. The number of aryl methyl sites for hydroxylation is 1. The number of carbonyl (C=O) groups excluding carboxylic acids is 2. The molecule has 0 aliphatic carbocycles. The second-order valence-corrected chi connectivity index (χ2v) is 6.20. The SMILES string of the molecule is CCC(=O)Nc1cccc(OCC(=O)N2CCC[C@@H]2c2nonc2C)c1. The van der Waals surface area contributed by atoms with Gasteiger partial charge in [0.1, 0.15) is 17.1 Å². The fourth-order valence-corrected chi connectivity index (χ4v) is 3.03. The largest absolute Gasteiger partial charge is 0.484 e. The molecule has 26 heavy (non-hydrogen) atoms. The monoisotopic (exact) mass is 358 g/mol. The minimum absolute atomic E-state index is 0.0743. The van der Waals surface area contributed by atoms with Gasteiger partial charge in [-0.15, -0.1) is 0 Å². The number of anilines is 1. The first kappa shape index (κ1) is 17.9. The van der Waals surface area contributed by atoms with Crippen molar-refractivity contribution in [2.24, 2.45) is 0 Å². The number of ether oxygens (including phenoxy) is 1. The number of rotatable bonds is 6. The molecule has 2 heterocycles. The highest BCUT2D eigenvalue weighted by Gasteiger charge is 2.33. The Morgan fingerprint density at radius 3 is 2.96 bits per heavy atom. The van der Waals surface area contributed by atoms with Gasteiger partial charge in [-0.1, -0.05) is 23.3 Å². The second kappa shape index (κ2) is 7.99. The molecule has 1 saturated heterocycles. The standard InChI is InChI=1S/C18H22N4O4/c1-3-16(23)19-13-6-4-7-14(10-13)25-11-17(24)22-9-5-8-15(22)18-12(2)20-26-21-18/h4,6-7,10,15H,3,5,8-9,11H2,1-2H3,(H,19,23)/t15-/m1/s1. The van der Waals surface area contributed by atoms with Crippen LogP contribution in [0, 0.1) is 6.92 Å². The van der Waals surface area contributed by atoms with Crippen LogP contribution in [-0.4, -0.2) is 40.2 Å². The normalized spacial score (nSPS) is 16.5. The fourth-order valence-electron chi connectivity index (χ4n) is 3.03. The zero-order valence-electron chi connectivity index (χ0n) is 14.9. The lowest BCUT2D eigenvalue weighted by atomic mass is 10.1. The topological polar surface area (TPSA) is 97.6 Å². The van der Waals surface area contributed by atoms with Crippen LogP contribution in [0.2, 0.25) is 0 Å². The maximum absolute atomic E-state index is 12.6. The lowest BCUT2D eigenvalue weighted by Gasteiger charge is -2.23. The van der Waals surface area contributed by atoms with E-state index in [-0.39, 0.29) is 24.5 Å². The van der Waals surface area contributed by atoms with Crippen LogP contribution >= 0.6 is 0 Å². The summed E-state index contributed by atoms with van der Waals surface area (Å²) in [5.41, 5.74) is 2.06. The fraction of sp³-hybridized carbons (Fsp3) is 0.444. The molecular formula is C18H22N4O4. The zero-order valence-corrected chi connectivity index (χ0v) is 14.9. The predicted molar refractivity (Wildman–Crippen MR) is 93.6 cm³/mol. The van der Waals surface area contributed by atoms with Crippen molar-refractivity contribution in [3.8, 4) is 5.75 Å². The lowest BCUT2D eigenvalue weighted by Crippen LogP contribution is -2.34. The van der Waals surface area contributed by atoms with E-state index in [1.807, 2.05) is 6.92 Å². The Labute approximate surface area is 151 Å². The predicted octanol–water partition coefficient (Wildman–Crippen LogP) is 2.47. The number of aromatic nitrogens is 2. The van der Waals surface area contributed by atoms with E-state index in [2.05, 4.69) is 15.6 Å². The third-order valence-electron chi connectivity index (χ3n) is 4.38. The van der Waals surface area contributed by atoms with Crippen molar-refractivity contribution in [2.45, 2.75) is 39.2 Å². The van der Waals surface area contributed by atoms with Crippen LogP contribution < -0.4 is 10.1 Å². The third-order valence-corrected chi connectivity index (χ3v) is 4.38. The van der Waals surface area contributed by atoms with E-state index >= 15 is 0 Å². The van der Waals surface area contributed by atoms with Gasteiger partial charge in [-0.3, -0.25) is 9.59 Å². The minimum atomic E-state index is -0.118. The Morgan fingerprint density at radius 2 is 2.23 bits per heavy atom. The van der Waals surface area contributed by atoms with Crippen molar-refractivity contribution in [1.29, 1.82) is 0 Å². The van der Waals surface area contributed by atoms with Gasteiger partial charge >= 0.3 is 0 Å². The Kier molecular flexibility index (Phi) is 5.50. The Bertz CT molecular complexity index is 789. The molecule has 1 aliphatic heterocycles. The van der Waals surface area contributed by atoms with Gasteiger partial charge in [0.25, 0.3) is 5.91 Å². The smallest absolute Gasteiger partial charge is 0.261 e. The average molecular weight is 358 g/mol. The molecular weight excluding hydrogens is 336 g/mol. The molecule has 1 aliphatic rings. The molecule has 1 N–H and O–H groups in total. The van der Waals surface area contributed by atoms with Crippen LogP contribution in [-0.2, 0) is 9.59 Å². The molecule has 1 fully saturated rings. The van der Waals surface area contributed by atoms with Crippen LogP contribution in [0.25, 0.3) is 0 Å². The highest BCUT2D eigenvalue weighted by atomic mass is 16.6. The second-order valence-electron chi connectivity index (χ2n) is 6.20. The van der Waals surface area contributed by atoms with Gasteiger partial charge in [-0.05, 0) is 31.9 Å². The van der Waals surface area contributed by atoms with Crippen molar-refractivity contribution in [2.75, 3.05) is 18.5 Å². The van der Waals surface area contributed by atoms with Gasteiger partial charge < -0.3 is 15.0 Å². The van der Waals surface area contributed by atoms with Crippen LogP contribution in [0.3, 0.4) is 0 Å². The van der Waals surface area contributed by atoms with Gasteiger partial charge in [-0.25, -0.2) is 4.63 Å². The molecule has 0 unspecified atom stereocenters. The first-order valence-electron chi connectivity index (χ1n) is 8.69. The summed E-state index contributed by atoms with van der Waals surface area (Å²) in [6.45, 7) is 4.18. The molecule has 0 saturated carbocycles. The summed E-state index contributed by atoms with van der Waals surface area (Å²) >= 11 is 0. The first-order valence-corrected chi connectivity index (χ1v) is 8.69. The van der Waals surface area contributed by atoms with Crippen LogP contribution in [0.4, 0.5) is 5.69 Å². The molecule has 0 radical (unpaired) electrons. The number of nitrogens with one attached hydrogen (secondary N) is 1. The highest BCUT2D eigenvalue weighted by molar-refractivity contribution is 5.90. The molecule has 0 bridgehead atoms. The van der Waals surface area contributed by atoms with E-state index < -0.39 is 0 Å². The van der Waals surface area contributed by atoms with E-state index in [4.69, 9.17) is 9.37 Å². The highest BCUT2D eigenvalue weighted by Crippen LogP contribution is 2.32. The number of amides is 2. The molecule has 0 spiro atoms. The molecule has 8 nitrogen and oxygen atoms in total. The summed E-state index contributed by atoms with van der Waals surface area (Å²) in [5.74, 6) is 0.343. The van der Waals surface area contributed by atoms with Crippen molar-refractivity contribution >= 4 is 17.5 Å². The Hall–Kier alpha value is -2.90. The van der Waals surface area contributed by atoms with E-state index in [0.717, 1.165) is 12.8 Å². The molecule has 1 atom stereocenters. The quantitative estimate of drug-likeness (QED) is 0.852. The van der Waals surface area contributed by atoms with Crippen molar-refractivity contribution in [1.82, 2.24) is 15.2 Å². The summed E-state index contributed by atoms with van der Waals surface area (Å²) in [4.78, 5) is 25.8. The summed E-state index contributed by atoms with van der Waals surface area (Å²) in [7, 11) is 0. The number of hydrogen-bond acceptors (Lipinski definition) is 6. The lowest BCUT2D eigenvalue weighted by molar-refractivity contribution is -0.134. The number of likely N-dealkylation sites (tertiary alicyclic amines) is 1. The van der Waals surface area contributed by atoms with Gasteiger partial charge in [-0.2, -0.15) is 0 Å². The summed E-state index contributed by atoms with van der Waals surface area (Å²) in [6, 6.07) is 6.89. The van der Waals surface area contributed by atoms with E-state index in [1.54, 1.807) is 36.1 Å². The van der Waals surface area contributed by atoms with Gasteiger partial charge in [0.15, 0.2) is 6.61 Å². The summed E-state index contributed by atoms with van der Waals surface area (Å²) < 4.78 is 10.4. The zero-order chi connectivity index (χ0) is 18.5. The van der Waals surface area contributed by atoms with Crippen molar-refractivity contribution in [3.05, 3.63) is 35.7 Å². The molecule has 138 valence electrons. The average Bonchev–Trinajstić information content (AvgIpc) is 3.28. The van der Waals surface area contributed by atoms with E-state index in [0.29, 0.717) is 35.8 Å². The van der Waals surface area contributed by atoms with E-state index in [9.17, 15) is 9.59 Å². The van der Waals surface area contributed by atoms with E-state index in [1.165, 1.54) is 0 Å². The molecule has 1 aromatic carbocycles. The maximum atomic E-state index is 12.6. The number of nitrogens with zero attached hydrogens (tertiary/aromatic N) is 3. The van der Waals surface area contributed by atoms with Crippen molar-refractivity contribution < 1.29 is 19.0 Å². The number of carbonyl (C=O) groups is 2. The van der Waals surface area contributed by atoms with Crippen LogP contribution in [0.15, 0.2) is 28.9 Å². The molecule has 8 heteroatoms. The minimum Gasteiger partial charge on any atom is -0.484 e. The molecule has 2 aromatic rings. The number of benzene rings is 1. The summed E-state index contributed by atoms with van der Waals surface area (Å²) in [5, 5.41) is 10.5. The Balaban J connectivity index is 1.61. The van der Waals surface area contributed by atoms with Crippen LogP contribution in [0.5, 0.6) is 5.75 Å². The van der Waals surface area contributed by atoms with Gasteiger partial charge in [0.05, 0.1) is 6.04 Å². The van der Waals surface area contributed by atoms with Crippen molar-refractivity contribution in [3.63, 3.8) is 0 Å². The maximum Gasteiger partial charge on any atom is 0.261 e. The van der Waals surface area contributed by atoms with Gasteiger partial charge in [0, 0.05) is 24.7 Å². The van der Waals surface area contributed by atoms with Crippen LogP contribution in [0.1, 0.15) is 43.6 Å². The van der Waals surface area contributed by atoms with Gasteiger partial charge in [0.2, 0.25) is 5.91 Å². The number of hydrogen-bond donors (Lipinski definition) is 1. The summed E-state index contributed by atoms with van der Waals surface area (Å²) in [6.07, 6.45) is 2.14.